The number of aryl methyl sites for hydroxylation is 1. The molecule has 4 heteroatoms. The summed E-state index contributed by atoms with van der Waals surface area (Å²) in [6.45, 7) is 0. The Hall–Kier alpha value is -2.49. The molecule has 136 valence electrons. The van der Waals surface area contributed by atoms with E-state index < -0.39 is 0 Å². The summed E-state index contributed by atoms with van der Waals surface area (Å²) in [7, 11) is 0. The molecule has 2 nitrogen and oxygen atoms in total. The summed E-state index contributed by atoms with van der Waals surface area (Å²) in [5, 5.41) is 0.660. The molecule has 3 aromatic carbocycles. The third kappa shape index (κ3) is 3.15. The fourth-order valence-electron chi connectivity index (χ4n) is 3.82. The number of benzene rings is 3. The van der Waals surface area contributed by atoms with E-state index in [0.717, 1.165) is 39.8 Å². The van der Waals surface area contributed by atoms with E-state index in [1.165, 1.54) is 16.7 Å². The predicted octanol–water partition coefficient (Wildman–Crippen LogP) is 6.99. The molecule has 0 aliphatic heterocycles. The van der Waals surface area contributed by atoms with Gasteiger partial charge in [-0.05, 0) is 36.6 Å². The molecule has 1 aliphatic rings. The van der Waals surface area contributed by atoms with Crippen LogP contribution in [0.5, 0.6) is 0 Å². The van der Waals surface area contributed by atoms with Crippen molar-refractivity contribution in [2.24, 2.45) is 0 Å². The first-order valence-electron chi connectivity index (χ1n) is 9.20. The lowest BCUT2D eigenvalue weighted by molar-refractivity contribution is 0.916. The number of halogens is 2. The topological polar surface area (TPSA) is 25.8 Å². The summed E-state index contributed by atoms with van der Waals surface area (Å²) in [4.78, 5) is 9.99. The van der Waals surface area contributed by atoms with Gasteiger partial charge in [-0.25, -0.2) is 9.97 Å². The number of nitrogens with zero attached hydrogens (tertiary/aromatic N) is 2. The summed E-state index contributed by atoms with van der Waals surface area (Å²) in [6, 6.07) is 24.7. The average molecular weight is 448 g/mol. The molecule has 1 heterocycles. The van der Waals surface area contributed by atoms with Crippen molar-refractivity contribution < 1.29 is 0 Å². The molecule has 0 fully saturated rings. The highest BCUT2D eigenvalue weighted by atomic mass is 79.9. The maximum Gasteiger partial charge on any atom is 0.160 e. The van der Waals surface area contributed by atoms with Gasteiger partial charge in [0.15, 0.2) is 5.82 Å². The molecule has 0 radical (unpaired) electrons. The zero-order chi connectivity index (χ0) is 19.1. The maximum absolute atomic E-state index is 6.30. The van der Waals surface area contributed by atoms with Gasteiger partial charge in [-0.2, -0.15) is 0 Å². The molecule has 1 aliphatic carbocycles. The lowest BCUT2D eigenvalue weighted by Gasteiger charge is -2.22. The van der Waals surface area contributed by atoms with E-state index in [4.69, 9.17) is 21.6 Å². The van der Waals surface area contributed by atoms with Crippen LogP contribution in [0.25, 0.3) is 33.9 Å². The first-order chi connectivity index (χ1) is 13.7. The summed E-state index contributed by atoms with van der Waals surface area (Å²) >= 11 is 9.83. The monoisotopic (exact) mass is 446 g/mol. The molecule has 0 saturated carbocycles. The number of rotatable bonds is 2. The summed E-state index contributed by atoms with van der Waals surface area (Å²) < 4.78 is 0.915. The van der Waals surface area contributed by atoms with Crippen LogP contribution in [0.3, 0.4) is 0 Å². The Kier molecular flexibility index (Phi) is 4.50. The molecule has 0 spiro atoms. The average Bonchev–Trinajstić information content (AvgIpc) is 2.73. The molecule has 4 aromatic rings. The van der Waals surface area contributed by atoms with Crippen molar-refractivity contribution in [3.63, 3.8) is 0 Å². The minimum absolute atomic E-state index is 0.660. The van der Waals surface area contributed by atoms with Crippen LogP contribution in [0, 0.1) is 0 Å². The smallest absolute Gasteiger partial charge is 0.160 e. The van der Waals surface area contributed by atoms with Crippen molar-refractivity contribution in [1.29, 1.82) is 0 Å². The van der Waals surface area contributed by atoms with E-state index in [2.05, 4.69) is 64.5 Å². The lowest BCUT2D eigenvalue weighted by Crippen LogP contribution is -2.10. The minimum atomic E-state index is 0.660. The first-order valence-corrected chi connectivity index (χ1v) is 10.4. The molecular weight excluding hydrogens is 432 g/mol. The van der Waals surface area contributed by atoms with Crippen molar-refractivity contribution >= 4 is 27.5 Å². The SMILES string of the molecule is Clc1cc(Br)cc(-c2nc(-c3ccccc3)c3c(n2)-c2ccccc2CC3)c1. The van der Waals surface area contributed by atoms with Crippen LogP contribution in [0.1, 0.15) is 11.1 Å². The zero-order valence-electron chi connectivity index (χ0n) is 15.0. The van der Waals surface area contributed by atoms with Gasteiger partial charge in [0.2, 0.25) is 0 Å². The Morgan fingerprint density at radius 1 is 0.750 bits per heavy atom. The van der Waals surface area contributed by atoms with E-state index >= 15 is 0 Å². The Morgan fingerprint density at radius 3 is 2.32 bits per heavy atom. The highest BCUT2D eigenvalue weighted by Gasteiger charge is 2.23. The van der Waals surface area contributed by atoms with Gasteiger partial charge in [-0.15, -0.1) is 0 Å². The van der Waals surface area contributed by atoms with Crippen molar-refractivity contribution in [1.82, 2.24) is 9.97 Å². The van der Waals surface area contributed by atoms with Gasteiger partial charge in [0.1, 0.15) is 0 Å². The second-order valence-corrected chi connectivity index (χ2v) is 8.26. The Morgan fingerprint density at radius 2 is 1.50 bits per heavy atom. The van der Waals surface area contributed by atoms with Gasteiger partial charge >= 0.3 is 0 Å². The Balaban J connectivity index is 1.81. The lowest BCUT2D eigenvalue weighted by atomic mass is 9.87. The number of hydrogen-bond acceptors (Lipinski definition) is 2. The van der Waals surface area contributed by atoms with E-state index in [1.54, 1.807) is 0 Å². The summed E-state index contributed by atoms with van der Waals surface area (Å²) in [5.41, 5.74) is 7.81. The molecular formula is C24H16BrClN2. The molecule has 0 N–H and O–H groups in total. The van der Waals surface area contributed by atoms with Crippen LogP contribution in [-0.4, -0.2) is 9.97 Å². The number of fused-ring (bicyclic) bond motifs is 3. The molecule has 0 saturated heterocycles. The van der Waals surface area contributed by atoms with E-state index in [-0.39, 0.29) is 0 Å². The maximum atomic E-state index is 6.30. The van der Waals surface area contributed by atoms with Crippen LogP contribution in [0.4, 0.5) is 0 Å². The second kappa shape index (κ2) is 7.16. The van der Waals surface area contributed by atoms with E-state index in [0.29, 0.717) is 10.8 Å². The predicted molar refractivity (Wildman–Crippen MR) is 118 cm³/mol. The molecule has 0 unspecified atom stereocenters. The van der Waals surface area contributed by atoms with Crippen molar-refractivity contribution in [2.45, 2.75) is 12.8 Å². The molecule has 0 bridgehead atoms. The van der Waals surface area contributed by atoms with E-state index in [1.807, 2.05) is 24.3 Å². The fourth-order valence-corrected chi connectivity index (χ4v) is 4.68. The first kappa shape index (κ1) is 17.6. The van der Waals surface area contributed by atoms with Crippen LogP contribution < -0.4 is 0 Å². The van der Waals surface area contributed by atoms with Crippen LogP contribution in [-0.2, 0) is 12.8 Å². The normalized spacial score (nSPS) is 12.4. The minimum Gasteiger partial charge on any atom is -0.228 e. The number of hydrogen-bond donors (Lipinski definition) is 0. The Bertz CT molecular complexity index is 1150. The highest BCUT2D eigenvalue weighted by molar-refractivity contribution is 9.10. The summed E-state index contributed by atoms with van der Waals surface area (Å²) in [5.74, 6) is 0.692. The molecule has 1 aromatic heterocycles. The van der Waals surface area contributed by atoms with Gasteiger partial charge in [-0.1, -0.05) is 82.1 Å². The molecule has 0 amide bonds. The van der Waals surface area contributed by atoms with Gasteiger partial charge in [0.05, 0.1) is 11.4 Å². The Labute approximate surface area is 177 Å². The van der Waals surface area contributed by atoms with Crippen LogP contribution in [0.2, 0.25) is 5.02 Å². The molecule has 28 heavy (non-hydrogen) atoms. The van der Waals surface area contributed by atoms with Gasteiger partial charge in [0, 0.05) is 31.7 Å². The van der Waals surface area contributed by atoms with Gasteiger partial charge in [-0.3, -0.25) is 0 Å². The largest absolute Gasteiger partial charge is 0.228 e. The third-order valence-electron chi connectivity index (χ3n) is 5.09. The van der Waals surface area contributed by atoms with Crippen LogP contribution >= 0.6 is 27.5 Å². The van der Waals surface area contributed by atoms with Gasteiger partial charge < -0.3 is 0 Å². The standard InChI is InChI=1S/C24H16BrClN2/c25-18-12-17(13-19(26)14-18)24-27-22(16-7-2-1-3-8-16)21-11-10-15-6-4-5-9-20(15)23(21)28-24/h1-9,12-14H,10-11H2. The zero-order valence-corrected chi connectivity index (χ0v) is 17.3. The number of aromatic nitrogens is 2. The molecule has 0 atom stereocenters. The summed E-state index contributed by atoms with van der Waals surface area (Å²) in [6.07, 6.45) is 1.95. The van der Waals surface area contributed by atoms with Crippen molar-refractivity contribution in [2.75, 3.05) is 0 Å². The fraction of sp³-hybridized carbons (Fsp3) is 0.0833. The van der Waals surface area contributed by atoms with Crippen molar-refractivity contribution in [3.05, 3.63) is 93.4 Å². The van der Waals surface area contributed by atoms with Gasteiger partial charge in [0.25, 0.3) is 0 Å². The third-order valence-corrected chi connectivity index (χ3v) is 5.77. The second-order valence-electron chi connectivity index (χ2n) is 6.90. The van der Waals surface area contributed by atoms with Crippen LogP contribution in [0.15, 0.2) is 77.3 Å². The van der Waals surface area contributed by atoms with E-state index in [9.17, 15) is 0 Å². The van der Waals surface area contributed by atoms with Crippen molar-refractivity contribution in [3.8, 4) is 33.9 Å². The highest BCUT2D eigenvalue weighted by Crippen LogP contribution is 2.38. The molecule has 5 rings (SSSR count). The quantitative estimate of drug-likeness (QED) is 0.331.